The number of nitrogens with zero attached hydrogens (tertiary/aromatic N) is 1. The van der Waals surface area contributed by atoms with E-state index >= 15 is 0 Å². The first-order valence-corrected chi connectivity index (χ1v) is 10.5. The van der Waals surface area contributed by atoms with Crippen LogP contribution < -0.4 is 5.32 Å². The summed E-state index contributed by atoms with van der Waals surface area (Å²) in [5.74, 6) is -1.71. The lowest BCUT2D eigenvalue weighted by Gasteiger charge is -2.36. The second-order valence-corrected chi connectivity index (χ2v) is 9.19. The van der Waals surface area contributed by atoms with Gasteiger partial charge in [0.25, 0.3) is 5.91 Å². The summed E-state index contributed by atoms with van der Waals surface area (Å²) < 4.78 is 6.32. The van der Waals surface area contributed by atoms with Crippen LogP contribution in [0.2, 0.25) is 0 Å². The fourth-order valence-electron chi connectivity index (χ4n) is 3.29. The molecule has 0 fully saturated rings. The van der Waals surface area contributed by atoms with Crippen molar-refractivity contribution in [3.8, 4) is 0 Å². The Morgan fingerprint density at radius 1 is 1.06 bits per heavy atom. The maximum atomic E-state index is 13.2. The molecule has 2 N–H and O–H groups in total. The molecule has 0 radical (unpaired) electrons. The highest BCUT2D eigenvalue weighted by molar-refractivity contribution is 9.10. The average molecular weight is 491 g/mol. The molecule has 0 bridgehead atoms. The SMILES string of the molecule is CN(C(=O)[C@H](Cc1ccccc1)OC(=O)Nc1ccc(Br)cc1)C(C(=O)O)C(C)(C)C. The van der Waals surface area contributed by atoms with Gasteiger partial charge in [-0.3, -0.25) is 10.1 Å². The lowest BCUT2D eigenvalue weighted by atomic mass is 9.85. The molecule has 0 aliphatic heterocycles. The lowest BCUT2D eigenvalue weighted by Crippen LogP contribution is -2.53. The topological polar surface area (TPSA) is 95.9 Å². The summed E-state index contributed by atoms with van der Waals surface area (Å²) in [6, 6.07) is 14.9. The minimum atomic E-state index is -1.19. The third kappa shape index (κ3) is 7.10. The summed E-state index contributed by atoms with van der Waals surface area (Å²) in [5, 5.41) is 12.3. The van der Waals surface area contributed by atoms with Crippen molar-refractivity contribution in [1.29, 1.82) is 0 Å². The maximum absolute atomic E-state index is 13.2. The van der Waals surface area contributed by atoms with E-state index in [1.807, 2.05) is 30.3 Å². The monoisotopic (exact) mass is 490 g/mol. The number of carboxylic acid groups (broad SMARTS) is 1. The Hall–Kier alpha value is -2.87. The highest BCUT2D eigenvalue weighted by Crippen LogP contribution is 2.25. The first kappa shape index (κ1) is 24.4. The molecule has 2 amide bonds. The average Bonchev–Trinajstić information content (AvgIpc) is 2.68. The van der Waals surface area contributed by atoms with Crippen LogP contribution in [0.25, 0.3) is 0 Å². The van der Waals surface area contributed by atoms with Crippen molar-refractivity contribution in [3.05, 3.63) is 64.6 Å². The van der Waals surface area contributed by atoms with E-state index in [-0.39, 0.29) is 6.42 Å². The van der Waals surface area contributed by atoms with Crippen molar-refractivity contribution in [2.45, 2.75) is 39.3 Å². The van der Waals surface area contributed by atoms with Gasteiger partial charge in [0.2, 0.25) is 0 Å². The Morgan fingerprint density at radius 3 is 2.16 bits per heavy atom. The molecule has 0 aromatic heterocycles. The van der Waals surface area contributed by atoms with E-state index in [0.29, 0.717) is 5.69 Å². The van der Waals surface area contributed by atoms with Crippen LogP contribution in [0.3, 0.4) is 0 Å². The fourth-order valence-corrected chi connectivity index (χ4v) is 3.55. The van der Waals surface area contributed by atoms with Crippen molar-refractivity contribution in [2.75, 3.05) is 12.4 Å². The minimum Gasteiger partial charge on any atom is -0.480 e. The van der Waals surface area contributed by atoms with Crippen LogP contribution in [-0.4, -0.2) is 47.2 Å². The number of anilines is 1. The molecule has 0 aliphatic rings. The number of rotatable bonds is 7. The Labute approximate surface area is 190 Å². The minimum absolute atomic E-state index is 0.119. The van der Waals surface area contributed by atoms with Gasteiger partial charge in [0.15, 0.2) is 6.10 Å². The van der Waals surface area contributed by atoms with E-state index in [4.69, 9.17) is 4.74 Å². The zero-order chi connectivity index (χ0) is 23.2. The van der Waals surface area contributed by atoms with Gasteiger partial charge in [-0.05, 0) is 35.2 Å². The highest BCUT2D eigenvalue weighted by atomic mass is 79.9. The zero-order valence-electron chi connectivity index (χ0n) is 18.0. The Morgan fingerprint density at radius 2 is 1.65 bits per heavy atom. The number of nitrogens with one attached hydrogen (secondary N) is 1. The van der Waals surface area contributed by atoms with Crippen LogP contribution in [0.5, 0.6) is 0 Å². The number of halogens is 1. The Balaban J connectivity index is 2.24. The maximum Gasteiger partial charge on any atom is 0.412 e. The van der Waals surface area contributed by atoms with Crippen LogP contribution in [0.1, 0.15) is 26.3 Å². The standard InChI is InChI=1S/C23H27BrN2O5/c1-23(2,3)19(21(28)29)26(4)20(27)18(14-15-8-6-5-7-9-15)31-22(30)25-17-12-10-16(24)11-13-17/h5-13,18-19H,14H2,1-4H3,(H,25,30)(H,28,29)/t18-,19?/m0/s1. The molecule has 166 valence electrons. The number of amides is 2. The van der Waals surface area contributed by atoms with Crippen LogP contribution in [-0.2, 0) is 20.7 Å². The number of hydrogen-bond acceptors (Lipinski definition) is 4. The molecular weight excluding hydrogens is 464 g/mol. The van der Waals surface area contributed by atoms with E-state index in [1.54, 1.807) is 45.0 Å². The van der Waals surface area contributed by atoms with Crippen LogP contribution >= 0.6 is 15.9 Å². The summed E-state index contributed by atoms with van der Waals surface area (Å²) in [7, 11) is 1.42. The first-order chi connectivity index (χ1) is 14.5. The van der Waals surface area contributed by atoms with E-state index in [2.05, 4.69) is 21.2 Å². The summed E-state index contributed by atoms with van der Waals surface area (Å²) in [6.07, 6.45) is -1.87. The van der Waals surface area contributed by atoms with E-state index in [0.717, 1.165) is 14.9 Å². The second kappa shape index (κ2) is 10.4. The van der Waals surface area contributed by atoms with Crippen LogP contribution in [0.4, 0.5) is 10.5 Å². The molecular formula is C23H27BrN2O5. The molecule has 0 saturated carbocycles. The van der Waals surface area contributed by atoms with Crippen molar-refractivity contribution >= 4 is 39.6 Å². The fraction of sp³-hybridized carbons (Fsp3) is 0.348. The smallest absolute Gasteiger partial charge is 0.412 e. The number of hydrogen-bond donors (Lipinski definition) is 2. The van der Waals surface area contributed by atoms with E-state index < -0.39 is 35.5 Å². The van der Waals surface area contributed by atoms with Gasteiger partial charge in [-0.1, -0.05) is 67.0 Å². The van der Waals surface area contributed by atoms with E-state index in [1.165, 1.54) is 7.05 Å². The second-order valence-electron chi connectivity index (χ2n) is 8.27. The summed E-state index contributed by atoms with van der Waals surface area (Å²) in [5.41, 5.74) is 0.576. The first-order valence-electron chi connectivity index (χ1n) is 9.75. The van der Waals surface area contributed by atoms with Gasteiger partial charge in [-0.2, -0.15) is 0 Å². The predicted molar refractivity (Wildman–Crippen MR) is 122 cm³/mol. The lowest BCUT2D eigenvalue weighted by molar-refractivity contribution is -0.157. The van der Waals surface area contributed by atoms with Gasteiger partial charge < -0.3 is 14.7 Å². The van der Waals surface area contributed by atoms with Crippen molar-refractivity contribution in [1.82, 2.24) is 4.90 Å². The predicted octanol–water partition coefficient (Wildman–Crippen LogP) is 4.57. The van der Waals surface area contributed by atoms with Crippen molar-refractivity contribution in [3.63, 3.8) is 0 Å². The molecule has 8 heteroatoms. The number of carbonyl (C=O) groups is 3. The number of carboxylic acids is 1. The van der Waals surface area contributed by atoms with Crippen molar-refractivity contribution in [2.24, 2.45) is 5.41 Å². The highest BCUT2D eigenvalue weighted by Gasteiger charge is 2.40. The number of aliphatic carboxylic acids is 1. The summed E-state index contributed by atoms with van der Waals surface area (Å²) >= 11 is 3.32. The van der Waals surface area contributed by atoms with Gasteiger partial charge in [0, 0.05) is 23.6 Å². The summed E-state index contributed by atoms with van der Waals surface area (Å²) in [6.45, 7) is 5.22. The van der Waals surface area contributed by atoms with Crippen LogP contribution in [0, 0.1) is 5.41 Å². The molecule has 31 heavy (non-hydrogen) atoms. The van der Waals surface area contributed by atoms with Crippen LogP contribution in [0.15, 0.2) is 59.1 Å². The number of ether oxygens (including phenoxy) is 1. The molecule has 0 heterocycles. The third-order valence-electron chi connectivity index (χ3n) is 4.67. The van der Waals surface area contributed by atoms with Gasteiger partial charge in [0.1, 0.15) is 6.04 Å². The van der Waals surface area contributed by atoms with E-state index in [9.17, 15) is 19.5 Å². The normalized spacial score (nSPS) is 13.1. The molecule has 2 aromatic rings. The molecule has 2 rings (SSSR count). The van der Waals surface area contributed by atoms with Gasteiger partial charge in [-0.15, -0.1) is 0 Å². The molecule has 0 aliphatic carbocycles. The zero-order valence-corrected chi connectivity index (χ0v) is 19.5. The molecule has 2 atom stereocenters. The van der Waals surface area contributed by atoms with Gasteiger partial charge in [-0.25, -0.2) is 9.59 Å². The molecule has 0 spiro atoms. The number of carbonyl (C=O) groups excluding carboxylic acids is 2. The quantitative estimate of drug-likeness (QED) is 0.592. The molecule has 7 nitrogen and oxygen atoms in total. The number of benzene rings is 2. The Kier molecular flexibility index (Phi) is 8.21. The molecule has 0 saturated heterocycles. The largest absolute Gasteiger partial charge is 0.480 e. The number of likely N-dealkylation sites (N-methyl/N-ethyl adjacent to an activating group) is 1. The summed E-state index contributed by atoms with van der Waals surface area (Å²) in [4.78, 5) is 38.7. The van der Waals surface area contributed by atoms with Gasteiger partial charge in [0.05, 0.1) is 0 Å². The van der Waals surface area contributed by atoms with Gasteiger partial charge >= 0.3 is 12.1 Å². The third-order valence-corrected chi connectivity index (χ3v) is 5.20. The van der Waals surface area contributed by atoms with Crippen molar-refractivity contribution < 1.29 is 24.2 Å². The Bertz CT molecular complexity index is 910. The molecule has 1 unspecified atom stereocenters. The molecule has 2 aromatic carbocycles.